The number of aromatic nitrogens is 2. The van der Waals surface area contributed by atoms with Crippen LogP contribution in [0.15, 0.2) is 22.7 Å². The van der Waals surface area contributed by atoms with Gasteiger partial charge in [0.25, 0.3) is 5.91 Å². The molecule has 129 valence electrons. The van der Waals surface area contributed by atoms with Crippen LogP contribution in [-0.4, -0.2) is 32.0 Å². The molecule has 1 aromatic carbocycles. The lowest BCUT2D eigenvalue weighted by molar-refractivity contribution is -0.235. The summed E-state index contributed by atoms with van der Waals surface area (Å²) in [5.74, 6) is 0.0372. The fraction of sp³-hybridized carbons (Fsp3) is 0.375. The third-order valence-electron chi connectivity index (χ3n) is 4.40. The molecule has 0 atom stereocenters. The SMILES string of the molecule is CC1(C)C(Br)=C(c2nc3c(C(N)=O)cccc3[nH]2)C(C)(C)N1[O].Cl. The molecular formula is C16H19BrClN4O2. The number of nitrogens with one attached hydrogen (secondary N) is 1. The molecule has 24 heavy (non-hydrogen) atoms. The standard InChI is InChI=1S/C16H18BrN4O2.ClH/c1-15(2)10(12(17)16(3,4)21(15)23)14-19-9-7-5-6-8(13(18)22)11(9)20-14;/h5-7H,1-4H3,(H2,18,22)(H,19,20);1H. The van der Waals surface area contributed by atoms with Crippen molar-refractivity contribution in [3.8, 4) is 0 Å². The van der Waals surface area contributed by atoms with E-state index in [1.54, 1.807) is 12.1 Å². The predicted molar refractivity (Wildman–Crippen MR) is 98.4 cm³/mol. The largest absolute Gasteiger partial charge is 0.366 e. The normalized spacial score (nSPS) is 19.6. The van der Waals surface area contributed by atoms with Crippen molar-refractivity contribution in [2.24, 2.45) is 5.73 Å². The Balaban J connectivity index is 0.00000208. The highest BCUT2D eigenvalue weighted by molar-refractivity contribution is 9.12. The first-order chi connectivity index (χ1) is 10.6. The second kappa shape index (κ2) is 5.84. The van der Waals surface area contributed by atoms with E-state index in [-0.39, 0.29) is 12.4 Å². The molecule has 0 unspecified atom stereocenters. The molecule has 2 aromatic rings. The van der Waals surface area contributed by atoms with Gasteiger partial charge in [-0.15, -0.1) is 22.7 Å². The number of imidazole rings is 1. The highest BCUT2D eigenvalue weighted by Gasteiger charge is 2.52. The molecule has 0 saturated carbocycles. The number of halogens is 2. The number of carbonyl (C=O) groups is 1. The summed E-state index contributed by atoms with van der Waals surface area (Å²) in [6, 6.07) is 5.22. The van der Waals surface area contributed by atoms with E-state index in [9.17, 15) is 10.0 Å². The molecular weight excluding hydrogens is 396 g/mol. The Bertz CT molecular complexity index is 857. The Hall–Kier alpha value is -1.41. The minimum absolute atomic E-state index is 0. The Morgan fingerprint density at radius 1 is 1.25 bits per heavy atom. The number of primary amides is 1. The van der Waals surface area contributed by atoms with Gasteiger partial charge in [-0.25, -0.2) is 4.98 Å². The summed E-state index contributed by atoms with van der Waals surface area (Å²) >= 11 is 3.57. The summed E-state index contributed by atoms with van der Waals surface area (Å²) < 4.78 is 0.782. The quantitative estimate of drug-likeness (QED) is 0.788. The molecule has 6 nitrogen and oxygen atoms in total. The molecule has 8 heteroatoms. The second-order valence-electron chi connectivity index (χ2n) is 6.75. The number of nitrogens with zero attached hydrogens (tertiary/aromatic N) is 2. The van der Waals surface area contributed by atoms with Crippen LogP contribution in [0.25, 0.3) is 16.6 Å². The molecule has 1 aliphatic heterocycles. The van der Waals surface area contributed by atoms with Crippen molar-refractivity contribution in [2.75, 3.05) is 0 Å². The molecule has 0 fully saturated rings. The first-order valence-electron chi connectivity index (χ1n) is 7.25. The highest BCUT2D eigenvalue weighted by atomic mass is 79.9. The smallest absolute Gasteiger partial charge is 0.250 e. The number of fused-ring (bicyclic) bond motifs is 1. The van der Waals surface area contributed by atoms with Crippen LogP contribution in [0.1, 0.15) is 43.9 Å². The summed E-state index contributed by atoms with van der Waals surface area (Å²) in [7, 11) is 0. The van der Waals surface area contributed by atoms with Gasteiger partial charge in [0.1, 0.15) is 11.3 Å². The van der Waals surface area contributed by atoms with Crippen LogP contribution < -0.4 is 5.73 Å². The first-order valence-corrected chi connectivity index (χ1v) is 8.05. The molecule has 0 saturated heterocycles. The van der Waals surface area contributed by atoms with E-state index >= 15 is 0 Å². The van der Waals surface area contributed by atoms with Crippen molar-refractivity contribution in [1.82, 2.24) is 15.0 Å². The van der Waals surface area contributed by atoms with E-state index in [0.29, 0.717) is 22.4 Å². The van der Waals surface area contributed by atoms with Gasteiger partial charge in [0, 0.05) is 10.1 Å². The zero-order valence-corrected chi connectivity index (χ0v) is 16.2. The number of para-hydroxylation sites is 1. The Morgan fingerprint density at radius 3 is 2.38 bits per heavy atom. The molecule has 1 radical (unpaired) electrons. The van der Waals surface area contributed by atoms with Crippen LogP contribution in [0.3, 0.4) is 0 Å². The number of carbonyl (C=O) groups excluding carboxylic acids is 1. The van der Waals surface area contributed by atoms with Gasteiger partial charge in [-0.3, -0.25) is 4.79 Å². The van der Waals surface area contributed by atoms with Gasteiger partial charge in [0.2, 0.25) is 0 Å². The average Bonchev–Trinajstić information content (AvgIpc) is 2.92. The number of hydrogen-bond acceptors (Lipinski definition) is 3. The molecule has 0 aliphatic carbocycles. The van der Waals surface area contributed by atoms with E-state index in [2.05, 4.69) is 25.9 Å². The van der Waals surface area contributed by atoms with E-state index in [1.807, 2.05) is 33.8 Å². The van der Waals surface area contributed by atoms with Gasteiger partial charge >= 0.3 is 0 Å². The van der Waals surface area contributed by atoms with Crippen LogP contribution in [0, 0.1) is 0 Å². The Morgan fingerprint density at radius 2 is 1.88 bits per heavy atom. The molecule has 2 heterocycles. The second-order valence-corrected chi connectivity index (χ2v) is 7.55. The molecule has 0 bridgehead atoms. The first kappa shape index (κ1) is 18.9. The predicted octanol–water partition coefficient (Wildman–Crippen LogP) is 3.41. The van der Waals surface area contributed by atoms with E-state index in [4.69, 9.17) is 5.73 Å². The average molecular weight is 415 g/mol. The van der Waals surface area contributed by atoms with Crippen LogP contribution in [0.2, 0.25) is 0 Å². The molecule has 3 rings (SSSR count). The summed E-state index contributed by atoms with van der Waals surface area (Å²) in [6.45, 7) is 7.42. The number of rotatable bonds is 2. The maximum atomic E-state index is 12.7. The fourth-order valence-corrected chi connectivity index (χ4v) is 4.04. The number of hydroxylamine groups is 2. The molecule has 1 aliphatic rings. The summed E-state index contributed by atoms with van der Waals surface area (Å²) in [5.41, 5.74) is 6.33. The van der Waals surface area contributed by atoms with Gasteiger partial charge in [-0.05, 0) is 39.8 Å². The minimum Gasteiger partial charge on any atom is -0.366 e. The summed E-state index contributed by atoms with van der Waals surface area (Å²) in [5, 5.41) is 13.7. The molecule has 1 amide bonds. The number of H-pyrrole nitrogens is 1. The summed E-state index contributed by atoms with van der Waals surface area (Å²) in [6.07, 6.45) is 0. The third kappa shape index (κ3) is 2.47. The Labute approximate surface area is 154 Å². The van der Waals surface area contributed by atoms with Crippen LogP contribution in [-0.2, 0) is 5.21 Å². The zero-order chi connectivity index (χ0) is 17.2. The van der Waals surface area contributed by atoms with E-state index in [1.165, 1.54) is 0 Å². The number of benzene rings is 1. The van der Waals surface area contributed by atoms with E-state index in [0.717, 1.165) is 15.1 Å². The van der Waals surface area contributed by atoms with Crippen LogP contribution in [0.5, 0.6) is 0 Å². The van der Waals surface area contributed by atoms with Crippen molar-refractivity contribution in [3.05, 3.63) is 34.1 Å². The molecule has 1 aromatic heterocycles. The molecule has 0 spiro atoms. The van der Waals surface area contributed by atoms with Gasteiger partial charge in [-0.1, -0.05) is 22.0 Å². The summed E-state index contributed by atoms with van der Waals surface area (Å²) in [4.78, 5) is 19.3. The number of hydrogen-bond donors (Lipinski definition) is 2. The fourth-order valence-electron chi connectivity index (χ4n) is 3.21. The van der Waals surface area contributed by atoms with E-state index < -0.39 is 17.0 Å². The minimum atomic E-state index is -0.761. The Kier molecular flexibility index (Phi) is 4.60. The van der Waals surface area contributed by atoms with Gasteiger partial charge in [0.05, 0.1) is 22.2 Å². The van der Waals surface area contributed by atoms with Gasteiger partial charge < -0.3 is 10.7 Å². The number of nitrogens with two attached hydrogens (primary N) is 1. The van der Waals surface area contributed by atoms with Gasteiger partial charge in [0.15, 0.2) is 0 Å². The van der Waals surface area contributed by atoms with Crippen molar-refractivity contribution in [2.45, 2.75) is 38.8 Å². The lowest BCUT2D eigenvalue weighted by Crippen LogP contribution is -2.47. The zero-order valence-electron chi connectivity index (χ0n) is 13.8. The van der Waals surface area contributed by atoms with Crippen LogP contribution in [0.4, 0.5) is 0 Å². The topological polar surface area (TPSA) is 94.9 Å². The lowest BCUT2D eigenvalue weighted by atomic mass is 9.96. The molecule has 3 N–H and O–H groups in total. The number of amides is 1. The maximum Gasteiger partial charge on any atom is 0.250 e. The lowest BCUT2D eigenvalue weighted by Gasteiger charge is -2.33. The monoisotopic (exact) mass is 413 g/mol. The van der Waals surface area contributed by atoms with Crippen molar-refractivity contribution >= 4 is 50.9 Å². The van der Waals surface area contributed by atoms with Crippen molar-refractivity contribution < 1.29 is 10.0 Å². The van der Waals surface area contributed by atoms with Crippen molar-refractivity contribution in [3.63, 3.8) is 0 Å². The third-order valence-corrected chi connectivity index (χ3v) is 5.77. The van der Waals surface area contributed by atoms with Crippen molar-refractivity contribution in [1.29, 1.82) is 0 Å². The van der Waals surface area contributed by atoms with Crippen LogP contribution >= 0.6 is 28.3 Å². The highest BCUT2D eigenvalue weighted by Crippen LogP contribution is 2.50. The maximum absolute atomic E-state index is 12.7. The number of aromatic amines is 1. The van der Waals surface area contributed by atoms with Gasteiger partial charge in [-0.2, -0.15) is 0 Å².